The number of amides is 2. The molecule has 0 spiro atoms. The van der Waals surface area contributed by atoms with Crippen molar-refractivity contribution in [1.29, 1.82) is 0 Å². The van der Waals surface area contributed by atoms with E-state index in [0.29, 0.717) is 21.7 Å². The molecule has 0 aliphatic heterocycles. The predicted octanol–water partition coefficient (Wildman–Crippen LogP) is 4.69. The normalized spacial score (nSPS) is 22.9. The quantitative estimate of drug-likeness (QED) is 0.817. The third-order valence-electron chi connectivity index (χ3n) is 3.61. The summed E-state index contributed by atoms with van der Waals surface area (Å²) in [7, 11) is 0. The number of nitrogens with one attached hydrogen (secondary N) is 2. The zero-order chi connectivity index (χ0) is 13.8. The van der Waals surface area contributed by atoms with Crippen LogP contribution in [0.25, 0.3) is 0 Å². The highest BCUT2D eigenvalue weighted by Crippen LogP contribution is 2.26. The lowest BCUT2D eigenvalue weighted by Gasteiger charge is -2.29. The molecule has 0 bridgehead atoms. The second-order valence-corrected chi connectivity index (χ2v) is 5.93. The van der Waals surface area contributed by atoms with Crippen molar-refractivity contribution in [2.24, 2.45) is 5.92 Å². The minimum absolute atomic E-state index is 0.206. The zero-order valence-corrected chi connectivity index (χ0v) is 12.4. The minimum atomic E-state index is -0.206. The van der Waals surface area contributed by atoms with Gasteiger partial charge in [-0.1, -0.05) is 43.0 Å². The Balaban J connectivity index is 1.93. The summed E-state index contributed by atoms with van der Waals surface area (Å²) in [6.45, 7) is 2.18. The van der Waals surface area contributed by atoms with E-state index in [1.54, 1.807) is 18.2 Å². The molecule has 2 atom stereocenters. The van der Waals surface area contributed by atoms with Gasteiger partial charge in [-0.3, -0.25) is 0 Å². The summed E-state index contributed by atoms with van der Waals surface area (Å²) in [6.07, 6.45) is 4.65. The lowest BCUT2D eigenvalue weighted by Crippen LogP contribution is -2.43. The molecule has 2 unspecified atom stereocenters. The first kappa shape index (κ1) is 14.5. The third kappa shape index (κ3) is 4.02. The van der Waals surface area contributed by atoms with E-state index < -0.39 is 0 Å². The molecule has 2 amide bonds. The molecule has 1 saturated carbocycles. The Labute approximate surface area is 123 Å². The molecule has 5 heteroatoms. The van der Waals surface area contributed by atoms with Gasteiger partial charge < -0.3 is 10.6 Å². The molecule has 1 aliphatic rings. The number of carbonyl (C=O) groups excluding carboxylic acids is 1. The molecular formula is C14H18Cl2N2O. The van der Waals surface area contributed by atoms with Crippen LogP contribution in [0.5, 0.6) is 0 Å². The van der Waals surface area contributed by atoms with E-state index in [9.17, 15) is 4.79 Å². The molecule has 1 aliphatic carbocycles. The number of benzene rings is 1. The fraction of sp³-hybridized carbons (Fsp3) is 0.500. The van der Waals surface area contributed by atoms with Gasteiger partial charge in [0.05, 0.1) is 10.7 Å². The Morgan fingerprint density at radius 1 is 1.26 bits per heavy atom. The zero-order valence-electron chi connectivity index (χ0n) is 10.9. The first-order chi connectivity index (χ1) is 9.06. The summed E-state index contributed by atoms with van der Waals surface area (Å²) >= 11 is 11.8. The van der Waals surface area contributed by atoms with Gasteiger partial charge in [-0.25, -0.2) is 4.79 Å². The van der Waals surface area contributed by atoms with Gasteiger partial charge in [0.2, 0.25) is 0 Å². The maximum absolute atomic E-state index is 11.9. The standard InChI is InChI=1S/C14H18Cl2N2O/c1-9-4-2-3-5-12(9)17-14(19)18-13-7-6-10(15)8-11(13)16/h6-9,12H,2-5H2,1H3,(H2,17,18,19). The average molecular weight is 301 g/mol. The van der Waals surface area contributed by atoms with E-state index in [0.717, 1.165) is 6.42 Å². The van der Waals surface area contributed by atoms with Gasteiger partial charge in [-0.15, -0.1) is 0 Å². The first-order valence-electron chi connectivity index (χ1n) is 6.59. The summed E-state index contributed by atoms with van der Waals surface area (Å²) in [5, 5.41) is 6.78. The fourth-order valence-corrected chi connectivity index (χ4v) is 2.90. The Morgan fingerprint density at radius 3 is 2.68 bits per heavy atom. The van der Waals surface area contributed by atoms with Crippen LogP contribution < -0.4 is 10.6 Å². The molecule has 19 heavy (non-hydrogen) atoms. The average Bonchev–Trinajstić information content (AvgIpc) is 2.36. The lowest BCUT2D eigenvalue weighted by molar-refractivity contribution is 0.232. The SMILES string of the molecule is CC1CCCCC1NC(=O)Nc1ccc(Cl)cc1Cl. The topological polar surface area (TPSA) is 41.1 Å². The second kappa shape index (κ2) is 6.49. The van der Waals surface area contributed by atoms with Crippen LogP contribution in [0.15, 0.2) is 18.2 Å². The first-order valence-corrected chi connectivity index (χ1v) is 7.34. The van der Waals surface area contributed by atoms with E-state index in [4.69, 9.17) is 23.2 Å². The van der Waals surface area contributed by atoms with Crippen LogP contribution in [0.2, 0.25) is 10.0 Å². The smallest absolute Gasteiger partial charge is 0.319 e. The molecule has 1 aromatic rings. The number of urea groups is 1. The lowest BCUT2D eigenvalue weighted by atomic mass is 9.86. The molecule has 3 nitrogen and oxygen atoms in total. The molecule has 2 N–H and O–H groups in total. The predicted molar refractivity (Wildman–Crippen MR) is 80.0 cm³/mol. The van der Waals surface area contributed by atoms with Crippen molar-refractivity contribution >= 4 is 34.9 Å². The van der Waals surface area contributed by atoms with Gasteiger partial charge in [0, 0.05) is 11.1 Å². The monoisotopic (exact) mass is 300 g/mol. The van der Waals surface area contributed by atoms with Crippen LogP contribution in [0.1, 0.15) is 32.6 Å². The van der Waals surface area contributed by atoms with Crippen molar-refractivity contribution in [3.63, 3.8) is 0 Å². The van der Waals surface area contributed by atoms with Crippen LogP contribution >= 0.6 is 23.2 Å². The van der Waals surface area contributed by atoms with Gasteiger partial charge >= 0.3 is 6.03 Å². The Hall–Kier alpha value is -0.930. The van der Waals surface area contributed by atoms with Gasteiger partial charge in [-0.05, 0) is 37.0 Å². The fourth-order valence-electron chi connectivity index (χ4n) is 2.45. The Kier molecular flexibility index (Phi) is 4.94. The maximum atomic E-state index is 11.9. The van der Waals surface area contributed by atoms with Crippen molar-refractivity contribution in [2.75, 3.05) is 5.32 Å². The van der Waals surface area contributed by atoms with Gasteiger partial charge in [0.15, 0.2) is 0 Å². The molecule has 0 radical (unpaired) electrons. The highest BCUT2D eigenvalue weighted by atomic mass is 35.5. The molecule has 0 aromatic heterocycles. The molecular weight excluding hydrogens is 283 g/mol. The van der Waals surface area contributed by atoms with Crippen molar-refractivity contribution in [3.8, 4) is 0 Å². The highest BCUT2D eigenvalue weighted by molar-refractivity contribution is 6.36. The van der Waals surface area contributed by atoms with E-state index in [-0.39, 0.29) is 12.1 Å². The van der Waals surface area contributed by atoms with Crippen molar-refractivity contribution in [2.45, 2.75) is 38.6 Å². The van der Waals surface area contributed by atoms with E-state index in [1.807, 2.05) is 0 Å². The summed E-state index contributed by atoms with van der Waals surface area (Å²) in [6, 6.07) is 5.06. The summed E-state index contributed by atoms with van der Waals surface area (Å²) in [5.41, 5.74) is 0.576. The molecule has 1 aromatic carbocycles. The van der Waals surface area contributed by atoms with Crippen LogP contribution in [0, 0.1) is 5.92 Å². The Morgan fingerprint density at radius 2 is 2.00 bits per heavy atom. The number of carbonyl (C=O) groups is 1. The van der Waals surface area contributed by atoms with E-state index >= 15 is 0 Å². The molecule has 104 valence electrons. The largest absolute Gasteiger partial charge is 0.335 e. The van der Waals surface area contributed by atoms with Crippen molar-refractivity contribution in [1.82, 2.24) is 5.32 Å². The number of hydrogen-bond acceptors (Lipinski definition) is 1. The number of hydrogen-bond donors (Lipinski definition) is 2. The minimum Gasteiger partial charge on any atom is -0.335 e. The second-order valence-electron chi connectivity index (χ2n) is 5.09. The van der Waals surface area contributed by atoms with Gasteiger partial charge in [0.1, 0.15) is 0 Å². The summed E-state index contributed by atoms with van der Waals surface area (Å²) in [4.78, 5) is 11.9. The van der Waals surface area contributed by atoms with Crippen LogP contribution in [-0.2, 0) is 0 Å². The maximum Gasteiger partial charge on any atom is 0.319 e. The number of rotatable bonds is 2. The number of halogens is 2. The molecule has 0 heterocycles. The number of anilines is 1. The molecule has 2 rings (SSSR count). The van der Waals surface area contributed by atoms with E-state index in [2.05, 4.69) is 17.6 Å². The van der Waals surface area contributed by atoms with Gasteiger partial charge in [-0.2, -0.15) is 0 Å². The summed E-state index contributed by atoms with van der Waals surface area (Å²) < 4.78 is 0. The van der Waals surface area contributed by atoms with Crippen LogP contribution in [0.4, 0.5) is 10.5 Å². The molecule has 0 saturated heterocycles. The Bertz CT molecular complexity index is 465. The summed E-state index contributed by atoms with van der Waals surface area (Å²) in [5.74, 6) is 0.528. The van der Waals surface area contributed by atoms with Gasteiger partial charge in [0.25, 0.3) is 0 Å². The van der Waals surface area contributed by atoms with Crippen LogP contribution in [-0.4, -0.2) is 12.1 Å². The van der Waals surface area contributed by atoms with Crippen molar-refractivity contribution in [3.05, 3.63) is 28.2 Å². The molecule has 1 fully saturated rings. The van der Waals surface area contributed by atoms with Crippen LogP contribution in [0.3, 0.4) is 0 Å². The van der Waals surface area contributed by atoms with E-state index in [1.165, 1.54) is 19.3 Å². The third-order valence-corrected chi connectivity index (χ3v) is 4.16. The van der Waals surface area contributed by atoms with Crippen molar-refractivity contribution < 1.29 is 4.79 Å². The highest BCUT2D eigenvalue weighted by Gasteiger charge is 2.22.